The van der Waals surface area contributed by atoms with Crippen molar-refractivity contribution in [2.45, 2.75) is 31.3 Å². The number of nitrogens with zero attached hydrogens (tertiary/aromatic N) is 2. The van der Waals surface area contributed by atoms with Crippen LogP contribution in [-0.2, 0) is 9.47 Å². The molecule has 9 heteroatoms. The van der Waals surface area contributed by atoms with Gasteiger partial charge in [-0.2, -0.15) is 5.26 Å². The molecule has 0 radical (unpaired) electrons. The minimum absolute atomic E-state index is 0.242. The summed E-state index contributed by atoms with van der Waals surface area (Å²) in [5.74, 6) is 0. The molecule has 2 N–H and O–H groups in total. The first kappa shape index (κ1) is 16.2. The predicted molar refractivity (Wildman–Crippen MR) is 79.6 cm³/mol. The maximum atomic E-state index is 11.8. The van der Waals surface area contributed by atoms with Crippen LogP contribution in [-0.4, -0.2) is 40.1 Å². The fraction of sp³-hybridized carbons (Fsp3) is 0.583. The second kappa shape index (κ2) is 7.17. The number of aliphatic hydroxyl groups is 1. The summed E-state index contributed by atoms with van der Waals surface area (Å²) in [6, 6.07) is 1.97. The van der Waals surface area contributed by atoms with Crippen LogP contribution in [0.4, 0.5) is 0 Å². The van der Waals surface area contributed by atoms with E-state index in [1.54, 1.807) is 0 Å². The van der Waals surface area contributed by atoms with Crippen LogP contribution in [0.1, 0.15) is 19.1 Å². The lowest BCUT2D eigenvalue weighted by molar-refractivity contribution is -0.0614. The third-order valence-corrected chi connectivity index (χ3v) is 3.91. The lowest BCUT2D eigenvalue weighted by Gasteiger charge is -2.15. The number of aromatic amines is 1. The minimum Gasteiger partial charge on any atom is -0.394 e. The van der Waals surface area contributed by atoms with Crippen LogP contribution < -0.4 is 11.2 Å². The van der Waals surface area contributed by atoms with E-state index in [4.69, 9.17) is 14.7 Å². The third-order valence-electron chi connectivity index (χ3n) is 3.14. The first-order chi connectivity index (χ1) is 10.1. The van der Waals surface area contributed by atoms with Gasteiger partial charge in [0, 0.05) is 12.6 Å². The molecule has 0 bridgehead atoms. The van der Waals surface area contributed by atoms with E-state index in [1.165, 1.54) is 10.8 Å². The quantitative estimate of drug-likeness (QED) is 0.512. The molecule has 1 aromatic rings. The van der Waals surface area contributed by atoms with E-state index in [9.17, 15) is 14.7 Å². The third kappa shape index (κ3) is 3.70. The van der Waals surface area contributed by atoms with Gasteiger partial charge < -0.3 is 14.6 Å². The molecule has 2 rings (SSSR count). The van der Waals surface area contributed by atoms with Gasteiger partial charge in [-0.15, -0.1) is 0 Å². The van der Waals surface area contributed by atoms with Crippen LogP contribution in [0.25, 0.3) is 0 Å². The molecular weight excluding hydrogens is 393 g/mol. The second-order valence-electron chi connectivity index (χ2n) is 4.51. The summed E-state index contributed by atoms with van der Waals surface area (Å²) >= 11 is 1.82. The van der Waals surface area contributed by atoms with Gasteiger partial charge in [-0.3, -0.25) is 14.3 Å². The maximum absolute atomic E-state index is 11.8. The van der Waals surface area contributed by atoms with Gasteiger partial charge in [0.05, 0.1) is 35.4 Å². The van der Waals surface area contributed by atoms with Crippen molar-refractivity contribution in [2.75, 3.05) is 13.2 Å². The lowest BCUT2D eigenvalue weighted by Crippen LogP contribution is -2.33. The molecule has 114 valence electrons. The Labute approximate surface area is 133 Å². The Morgan fingerprint density at radius 3 is 3.05 bits per heavy atom. The normalized spacial score (nSPS) is 24.9. The van der Waals surface area contributed by atoms with Gasteiger partial charge in [0.25, 0.3) is 5.56 Å². The molecule has 1 fully saturated rings. The van der Waals surface area contributed by atoms with Crippen molar-refractivity contribution in [3.63, 3.8) is 0 Å². The Morgan fingerprint density at radius 2 is 2.38 bits per heavy atom. The number of aromatic nitrogens is 2. The molecule has 1 aromatic heterocycles. The first-order valence-corrected chi connectivity index (χ1v) is 7.40. The highest BCUT2D eigenvalue weighted by atomic mass is 127. The van der Waals surface area contributed by atoms with Gasteiger partial charge in [-0.25, -0.2) is 4.79 Å². The summed E-state index contributed by atoms with van der Waals surface area (Å²) in [5, 5.41) is 17.8. The molecule has 8 nitrogen and oxygen atoms in total. The number of ether oxygens (including phenoxy) is 2. The van der Waals surface area contributed by atoms with E-state index in [0.29, 0.717) is 9.99 Å². The molecule has 1 aliphatic rings. The SMILES string of the molecule is N#CCCOC1C[C@@H](n2cc(I)c(=O)[nH]c2=O)O[C@H]1CO. The van der Waals surface area contributed by atoms with Crippen molar-refractivity contribution in [2.24, 2.45) is 0 Å². The van der Waals surface area contributed by atoms with Crippen molar-refractivity contribution >= 4 is 22.6 Å². The van der Waals surface area contributed by atoms with Gasteiger partial charge >= 0.3 is 5.69 Å². The molecule has 1 aliphatic heterocycles. The molecule has 1 saturated heterocycles. The van der Waals surface area contributed by atoms with Gasteiger partial charge in [-0.1, -0.05) is 0 Å². The predicted octanol–water partition coefficient (Wildman–Crippen LogP) is -0.280. The molecule has 2 heterocycles. The van der Waals surface area contributed by atoms with Gasteiger partial charge in [-0.05, 0) is 22.6 Å². The van der Waals surface area contributed by atoms with Crippen molar-refractivity contribution in [3.8, 4) is 6.07 Å². The second-order valence-corrected chi connectivity index (χ2v) is 5.67. The summed E-state index contributed by atoms with van der Waals surface area (Å²) in [6.07, 6.45) is 0.439. The zero-order valence-corrected chi connectivity index (χ0v) is 13.1. The summed E-state index contributed by atoms with van der Waals surface area (Å²) < 4.78 is 12.7. The lowest BCUT2D eigenvalue weighted by atomic mass is 10.2. The van der Waals surface area contributed by atoms with Crippen molar-refractivity contribution in [1.29, 1.82) is 5.26 Å². The van der Waals surface area contributed by atoms with Crippen LogP contribution >= 0.6 is 22.6 Å². The number of hydrogen-bond acceptors (Lipinski definition) is 6. The van der Waals surface area contributed by atoms with E-state index in [1.807, 2.05) is 28.7 Å². The van der Waals surface area contributed by atoms with E-state index >= 15 is 0 Å². The minimum atomic E-state index is -0.618. The molecule has 0 spiro atoms. The molecular formula is C12H14IN3O5. The smallest absolute Gasteiger partial charge is 0.330 e. The monoisotopic (exact) mass is 407 g/mol. The molecule has 21 heavy (non-hydrogen) atoms. The Morgan fingerprint density at radius 1 is 1.62 bits per heavy atom. The number of H-pyrrole nitrogens is 1. The van der Waals surface area contributed by atoms with E-state index in [-0.39, 0.29) is 19.6 Å². The highest BCUT2D eigenvalue weighted by Crippen LogP contribution is 2.29. The molecule has 0 aliphatic carbocycles. The molecule has 3 atom stereocenters. The van der Waals surface area contributed by atoms with Crippen LogP contribution in [0.3, 0.4) is 0 Å². The molecule has 0 saturated carbocycles. The van der Waals surface area contributed by atoms with Crippen LogP contribution in [0, 0.1) is 14.9 Å². The van der Waals surface area contributed by atoms with Gasteiger partial charge in [0.2, 0.25) is 0 Å². The fourth-order valence-corrected chi connectivity index (χ4v) is 2.58. The highest BCUT2D eigenvalue weighted by Gasteiger charge is 2.37. The topological polar surface area (TPSA) is 117 Å². The number of nitriles is 1. The molecule has 1 unspecified atom stereocenters. The number of aliphatic hydroxyl groups excluding tert-OH is 1. The highest BCUT2D eigenvalue weighted by molar-refractivity contribution is 14.1. The largest absolute Gasteiger partial charge is 0.394 e. The zero-order valence-electron chi connectivity index (χ0n) is 11.0. The van der Waals surface area contributed by atoms with E-state index in [2.05, 4.69) is 4.98 Å². The van der Waals surface area contributed by atoms with Gasteiger partial charge in [0.15, 0.2) is 0 Å². The Kier molecular flexibility index (Phi) is 5.51. The summed E-state index contributed by atoms with van der Waals surface area (Å²) in [6.45, 7) is -0.00524. The number of halogens is 1. The Balaban J connectivity index is 2.16. The average Bonchev–Trinajstić information content (AvgIpc) is 2.86. The average molecular weight is 407 g/mol. The number of hydrogen-bond donors (Lipinski definition) is 2. The van der Waals surface area contributed by atoms with E-state index in [0.717, 1.165) is 0 Å². The first-order valence-electron chi connectivity index (χ1n) is 6.32. The fourth-order valence-electron chi connectivity index (χ4n) is 2.14. The Bertz CT molecular complexity index is 650. The zero-order chi connectivity index (χ0) is 15.4. The maximum Gasteiger partial charge on any atom is 0.330 e. The van der Waals surface area contributed by atoms with Crippen molar-refractivity contribution in [1.82, 2.24) is 9.55 Å². The van der Waals surface area contributed by atoms with Crippen molar-refractivity contribution < 1.29 is 14.6 Å². The van der Waals surface area contributed by atoms with Crippen molar-refractivity contribution in [3.05, 3.63) is 30.6 Å². The summed E-state index contributed by atoms with van der Waals surface area (Å²) in [7, 11) is 0. The van der Waals surface area contributed by atoms with Crippen LogP contribution in [0.2, 0.25) is 0 Å². The van der Waals surface area contributed by atoms with E-state index < -0.39 is 29.7 Å². The van der Waals surface area contributed by atoms with Crippen LogP contribution in [0.5, 0.6) is 0 Å². The molecule has 0 aromatic carbocycles. The van der Waals surface area contributed by atoms with Crippen LogP contribution in [0.15, 0.2) is 15.8 Å². The number of nitrogens with one attached hydrogen (secondary N) is 1. The number of rotatable bonds is 5. The summed E-state index contributed by atoms with van der Waals surface area (Å²) in [5.41, 5.74) is -1.02. The molecule has 0 amide bonds. The van der Waals surface area contributed by atoms with Gasteiger partial charge in [0.1, 0.15) is 12.3 Å². The Hall–Kier alpha value is -1.22. The summed E-state index contributed by atoms with van der Waals surface area (Å²) in [4.78, 5) is 25.4. The standard InChI is InChI=1S/C12H14IN3O5/c13-7-5-16(12(19)15-11(7)18)10-4-8(9(6-17)21-10)20-3-1-2-14/h5,8-10,17H,1,3-4,6H2,(H,15,18,19)/t8?,9-,10-/m0/s1.